The molecule has 1 saturated heterocycles. The van der Waals surface area contributed by atoms with Gasteiger partial charge in [0.15, 0.2) is 0 Å². The van der Waals surface area contributed by atoms with Crippen molar-refractivity contribution in [3.05, 3.63) is 28.8 Å². The van der Waals surface area contributed by atoms with Crippen LogP contribution in [0.5, 0.6) is 0 Å². The fourth-order valence-corrected chi connectivity index (χ4v) is 2.60. The molecule has 1 aliphatic heterocycles. The molecule has 0 spiro atoms. The number of rotatable bonds is 3. The summed E-state index contributed by atoms with van der Waals surface area (Å²) >= 11 is 6.17. The van der Waals surface area contributed by atoms with Crippen LogP contribution in [-0.2, 0) is 9.59 Å². The van der Waals surface area contributed by atoms with E-state index in [0.29, 0.717) is 23.0 Å². The SMILES string of the molecule is Cc1ccc(Cl)c(N2CC(=O)NC(CC(C)C)C2=O)c1. The maximum absolute atomic E-state index is 12.5. The molecule has 2 rings (SSSR count). The number of aryl methyl sites for hydroxylation is 1. The normalized spacial score (nSPS) is 19.4. The van der Waals surface area contributed by atoms with Crippen LogP contribution < -0.4 is 10.2 Å². The number of nitrogens with one attached hydrogen (secondary N) is 1. The molecule has 0 aliphatic carbocycles. The number of hydrogen-bond donors (Lipinski definition) is 1. The number of hydrogen-bond acceptors (Lipinski definition) is 2. The molecule has 0 aromatic heterocycles. The zero-order chi connectivity index (χ0) is 14.9. The van der Waals surface area contributed by atoms with Crippen LogP contribution in [0.1, 0.15) is 25.8 Å². The van der Waals surface area contributed by atoms with Crippen LogP contribution >= 0.6 is 11.6 Å². The summed E-state index contributed by atoms with van der Waals surface area (Å²) in [5.41, 5.74) is 1.61. The van der Waals surface area contributed by atoms with Crippen LogP contribution in [0, 0.1) is 12.8 Å². The molecule has 1 unspecified atom stereocenters. The maximum atomic E-state index is 12.5. The number of benzene rings is 1. The molecular weight excluding hydrogens is 276 g/mol. The van der Waals surface area contributed by atoms with Crippen LogP contribution in [0.4, 0.5) is 5.69 Å². The van der Waals surface area contributed by atoms with Crippen molar-refractivity contribution in [2.45, 2.75) is 33.2 Å². The van der Waals surface area contributed by atoms with Crippen molar-refractivity contribution < 1.29 is 9.59 Å². The number of carbonyl (C=O) groups is 2. The van der Waals surface area contributed by atoms with E-state index in [4.69, 9.17) is 11.6 Å². The van der Waals surface area contributed by atoms with Gasteiger partial charge in [0.25, 0.3) is 0 Å². The first kappa shape index (κ1) is 14.9. The topological polar surface area (TPSA) is 49.4 Å². The molecule has 1 atom stereocenters. The van der Waals surface area contributed by atoms with Gasteiger partial charge in [0, 0.05) is 0 Å². The third-order valence-electron chi connectivity index (χ3n) is 3.30. The van der Waals surface area contributed by atoms with E-state index in [2.05, 4.69) is 5.32 Å². The third-order valence-corrected chi connectivity index (χ3v) is 3.62. The molecule has 2 amide bonds. The second-order valence-electron chi connectivity index (χ2n) is 5.63. The summed E-state index contributed by atoms with van der Waals surface area (Å²) in [6.45, 7) is 6.01. The van der Waals surface area contributed by atoms with Crippen molar-refractivity contribution in [1.82, 2.24) is 5.32 Å². The van der Waals surface area contributed by atoms with E-state index in [1.165, 1.54) is 4.90 Å². The van der Waals surface area contributed by atoms with Crippen molar-refractivity contribution >= 4 is 29.1 Å². The van der Waals surface area contributed by atoms with Gasteiger partial charge < -0.3 is 5.32 Å². The Bertz CT molecular complexity index is 543. The highest BCUT2D eigenvalue weighted by Crippen LogP contribution is 2.29. The monoisotopic (exact) mass is 294 g/mol. The van der Waals surface area contributed by atoms with Crippen molar-refractivity contribution in [2.24, 2.45) is 5.92 Å². The van der Waals surface area contributed by atoms with Crippen LogP contribution in [0.3, 0.4) is 0 Å². The van der Waals surface area contributed by atoms with E-state index in [0.717, 1.165) is 5.56 Å². The summed E-state index contributed by atoms with van der Waals surface area (Å²) in [6, 6.07) is 5.01. The quantitative estimate of drug-likeness (QED) is 0.931. The lowest BCUT2D eigenvalue weighted by molar-refractivity contribution is -0.131. The predicted molar refractivity (Wildman–Crippen MR) is 79.9 cm³/mol. The lowest BCUT2D eigenvalue weighted by Crippen LogP contribution is -2.58. The molecule has 1 N–H and O–H groups in total. The smallest absolute Gasteiger partial charge is 0.250 e. The van der Waals surface area contributed by atoms with Crippen molar-refractivity contribution in [3.63, 3.8) is 0 Å². The lowest BCUT2D eigenvalue weighted by atomic mass is 10.0. The van der Waals surface area contributed by atoms with Gasteiger partial charge in [-0.1, -0.05) is 31.5 Å². The Labute approximate surface area is 124 Å². The third kappa shape index (κ3) is 3.12. The summed E-state index contributed by atoms with van der Waals surface area (Å²) in [6.07, 6.45) is 0.629. The first-order chi connectivity index (χ1) is 9.38. The predicted octanol–water partition coefficient (Wildman–Crippen LogP) is 2.53. The second kappa shape index (κ2) is 5.83. The number of halogens is 1. The molecule has 108 valence electrons. The van der Waals surface area contributed by atoms with E-state index in [1.54, 1.807) is 6.07 Å². The summed E-state index contributed by atoms with van der Waals surface area (Å²) < 4.78 is 0. The molecule has 1 aromatic carbocycles. The second-order valence-corrected chi connectivity index (χ2v) is 6.04. The van der Waals surface area contributed by atoms with Crippen LogP contribution in [0.25, 0.3) is 0 Å². The zero-order valence-corrected chi connectivity index (χ0v) is 12.7. The molecule has 5 heteroatoms. The van der Waals surface area contributed by atoms with Crippen molar-refractivity contribution in [1.29, 1.82) is 0 Å². The van der Waals surface area contributed by atoms with E-state index >= 15 is 0 Å². The van der Waals surface area contributed by atoms with Crippen molar-refractivity contribution in [2.75, 3.05) is 11.4 Å². The molecular formula is C15H19ClN2O2. The van der Waals surface area contributed by atoms with Gasteiger partial charge >= 0.3 is 0 Å². The van der Waals surface area contributed by atoms with Gasteiger partial charge in [-0.05, 0) is 37.0 Å². The van der Waals surface area contributed by atoms with Gasteiger partial charge in [-0.2, -0.15) is 0 Å². The minimum absolute atomic E-state index is 0.0244. The van der Waals surface area contributed by atoms with Crippen LogP contribution in [0.2, 0.25) is 5.02 Å². The summed E-state index contributed by atoms with van der Waals surface area (Å²) in [5, 5.41) is 3.25. The Morgan fingerprint density at radius 1 is 1.40 bits per heavy atom. The highest BCUT2D eigenvalue weighted by Gasteiger charge is 2.34. The van der Waals surface area contributed by atoms with E-state index < -0.39 is 6.04 Å². The standard InChI is InChI=1S/C15H19ClN2O2/c1-9(2)6-12-15(20)18(8-14(19)17-12)13-7-10(3)4-5-11(13)16/h4-5,7,9,12H,6,8H2,1-3H3,(H,17,19). The Kier molecular flexibility index (Phi) is 4.33. The van der Waals surface area contributed by atoms with Crippen LogP contribution in [-0.4, -0.2) is 24.4 Å². The van der Waals surface area contributed by atoms with Gasteiger partial charge in [0.2, 0.25) is 11.8 Å². The zero-order valence-electron chi connectivity index (χ0n) is 11.9. The van der Waals surface area contributed by atoms with E-state index in [9.17, 15) is 9.59 Å². The number of piperazine rings is 1. The summed E-state index contributed by atoms with van der Waals surface area (Å²) in [4.78, 5) is 25.8. The fourth-order valence-electron chi connectivity index (χ4n) is 2.38. The molecule has 0 radical (unpaired) electrons. The van der Waals surface area contributed by atoms with Gasteiger partial charge in [-0.3, -0.25) is 14.5 Å². The molecule has 1 aliphatic rings. The fraction of sp³-hybridized carbons (Fsp3) is 0.467. The molecule has 1 aromatic rings. The van der Waals surface area contributed by atoms with Crippen molar-refractivity contribution in [3.8, 4) is 0 Å². The van der Waals surface area contributed by atoms with Gasteiger partial charge in [-0.25, -0.2) is 0 Å². The average Bonchev–Trinajstić information content (AvgIpc) is 2.36. The first-order valence-corrected chi connectivity index (χ1v) is 7.13. The average molecular weight is 295 g/mol. The van der Waals surface area contributed by atoms with E-state index in [1.807, 2.05) is 32.9 Å². The summed E-state index contributed by atoms with van der Waals surface area (Å²) in [7, 11) is 0. The Balaban J connectivity index is 2.32. The van der Waals surface area contributed by atoms with Gasteiger partial charge in [-0.15, -0.1) is 0 Å². The highest BCUT2D eigenvalue weighted by molar-refractivity contribution is 6.34. The van der Waals surface area contributed by atoms with E-state index in [-0.39, 0.29) is 18.4 Å². The molecule has 20 heavy (non-hydrogen) atoms. The first-order valence-electron chi connectivity index (χ1n) is 6.75. The molecule has 0 saturated carbocycles. The van der Waals surface area contributed by atoms with Crippen LogP contribution in [0.15, 0.2) is 18.2 Å². The number of nitrogens with zero attached hydrogens (tertiary/aromatic N) is 1. The van der Waals surface area contributed by atoms with Gasteiger partial charge in [0.1, 0.15) is 12.6 Å². The number of amides is 2. The molecule has 0 bridgehead atoms. The lowest BCUT2D eigenvalue weighted by Gasteiger charge is -2.33. The number of anilines is 1. The minimum atomic E-state index is -0.465. The van der Waals surface area contributed by atoms with Gasteiger partial charge in [0.05, 0.1) is 10.7 Å². The highest BCUT2D eigenvalue weighted by atomic mass is 35.5. The molecule has 1 fully saturated rings. The largest absolute Gasteiger partial charge is 0.343 e. The minimum Gasteiger partial charge on any atom is -0.343 e. The Hall–Kier alpha value is -1.55. The Morgan fingerprint density at radius 3 is 2.75 bits per heavy atom. The Morgan fingerprint density at radius 2 is 2.10 bits per heavy atom. The number of carbonyl (C=O) groups excluding carboxylic acids is 2. The molecule has 1 heterocycles. The maximum Gasteiger partial charge on any atom is 0.250 e. The molecule has 4 nitrogen and oxygen atoms in total. The summed E-state index contributed by atoms with van der Waals surface area (Å²) in [5.74, 6) is 0.0933.